The van der Waals surface area contributed by atoms with Crippen molar-refractivity contribution in [3.8, 4) is 0 Å². The highest BCUT2D eigenvalue weighted by Gasteiger charge is 2.15. The van der Waals surface area contributed by atoms with Crippen LogP contribution in [0.2, 0.25) is 5.02 Å². The van der Waals surface area contributed by atoms with Crippen LogP contribution in [0.3, 0.4) is 0 Å². The zero-order valence-corrected chi connectivity index (χ0v) is 12.6. The second-order valence-electron chi connectivity index (χ2n) is 5.00. The van der Waals surface area contributed by atoms with Gasteiger partial charge in [-0.3, -0.25) is 0 Å². The lowest BCUT2D eigenvalue weighted by Gasteiger charge is -2.10. The largest absolute Gasteiger partial charge is 0.313 e. The molecule has 0 aliphatic heterocycles. The SMILES string of the molecule is CCNCc1ccc(SCC2CCCC2)cc1Cl. The Labute approximate surface area is 120 Å². The molecule has 0 bridgehead atoms. The molecule has 0 aromatic heterocycles. The van der Waals surface area contributed by atoms with E-state index >= 15 is 0 Å². The fourth-order valence-electron chi connectivity index (χ4n) is 2.41. The van der Waals surface area contributed by atoms with Crippen molar-refractivity contribution in [2.24, 2.45) is 5.92 Å². The molecule has 1 aromatic rings. The molecular weight excluding hydrogens is 262 g/mol. The van der Waals surface area contributed by atoms with E-state index in [0.29, 0.717) is 0 Å². The molecule has 0 amide bonds. The van der Waals surface area contributed by atoms with Crippen molar-refractivity contribution in [1.29, 1.82) is 0 Å². The number of hydrogen-bond donors (Lipinski definition) is 1. The summed E-state index contributed by atoms with van der Waals surface area (Å²) in [4.78, 5) is 1.31. The number of rotatable bonds is 6. The molecule has 18 heavy (non-hydrogen) atoms. The van der Waals surface area contributed by atoms with E-state index in [1.165, 1.54) is 41.9 Å². The predicted octanol–water partition coefficient (Wildman–Crippen LogP) is 4.73. The van der Waals surface area contributed by atoms with Crippen LogP contribution in [0.1, 0.15) is 38.2 Å². The van der Waals surface area contributed by atoms with Crippen molar-refractivity contribution in [1.82, 2.24) is 5.32 Å². The summed E-state index contributed by atoms with van der Waals surface area (Å²) in [5.74, 6) is 2.18. The number of thioether (sulfide) groups is 1. The van der Waals surface area contributed by atoms with Gasteiger partial charge in [-0.25, -0.2) is 0 Å². The Kier molecular flexibility index (Phi) is 5.87. The van der Waals surface area contributed by atoms with Gasteiger partial charge >= 0.3 is 0 Å². The molecule has 1 N–H and O–H groups in total. The first-order valence-electron chi connectivity index (χ1n) is 6.91. The van der Waals surface area contributed by atoms with Crippen molar-refractivity contribution in [3.63, 3.8) is 0 Å². The van der Waals surface area contributed by atoms with Crippen LogP contribution in [0.25, 0.3) is 0 Å². The van der Waals surface area contributed by atoms with Gasteiger partial charge in [-0.2, -0.15) is 0 Å². The Hall–Kier alpha value is -0.180. The Bertz CT molecular complexity index is 375. The third-order valence-corrected chi connectivity index (χ3v) is 5.13. The fourth-order valence-corrected chi connectivity index (χ4v) is 3.85. The van der Waals surface area contributed by atoms with E-state index in [-0.39, 0.29) is 0 Å². The van der Waals surface area contributed by atoms with Gasteiger partial charge in [0.15, 0.2) is 0 Å². The lowest BCUT2D eigenvalue weighted by atomic mass is 10.1. The summed E-state index contributed by atoms with van der Waals surface area (Å²) >= 11 is 8.27. The van der Waals surface area contributed by atoms with E-state index in [4.69, 9.17) is 11.6 Å². The number of halogens is 1. The van der Waals surface area contributed by atoms with Crippen molar-refractivity contribution >= 4 is 23.4 Å². The molecule has 1 aromatic carbocycles. The maximum absolute atomic E-state index is 6.31. The van der Waals surface area contributed by atoms with Crippen molar-refractivity contribution < 1.29 is 0 Å². The first kappa shape index (κ1) is 14.2. The normalized spacial score (nSPS) is 16.3. The number of nitrogens with one attached hydrogen (secondary N) is 1. The second kappa shape index (κ2) is 7.42. The third kappa shape index (κ3) is 4.18. The monoisotopic (exact) mass is 283 g/mol. The van der Waals surface area contributed by atoms with E-state index in [2.05, 4.69) is 30.4 Å². The minimum atomic E-state index is 0.864. The summed E-state index contributed by atoms with van der Waals surface area (Å²) in [5.41, 5.74) is 1.20. The van der Waals surface area contributed by atoms with Crippen molar-refractivity contribution in [2.75, 3.05) is 12.3 Å². The first-order chi connectivity index (χ1) is 8.79. The molecule has 1 aliphatic rings. The first-order valence-corrected chi connectivity index (χ1v) is 8.28. The summed E-state index contributed by atoms with van der Waals surface area (Å²) in [6.45, 7) is 3.96. The Balaban J connectivity index is 1.87. The molecule has 0 spiro atoms. The van der Waals surface area contributed by atoms with Gasteiger partial charge < -0.3 is 5.32 Å². The highest BCUT2D eigenvalue weighted by atomic mass is 35.5. The van der Waals surface area contributed by atoms with Gasteiger partial charge in [0.1, 0.15) is 0 Å². The van der Waals surface area contributed by atoms with E-state index in [0.717, 1.165) is 24.0 Å². The van der Waals surface area contributed by atoms with E-state index in [1.54, 1.807) is 0 Å². The van der Waals surface area contributed by atoms with E-state index in [1.807, 2.05) is 11.8 Å². The van der Waals surface area contributed by atoms with Gasteiger partial charge in [0.2, 0.25) is 0 Å². The number of benzene rings is 1. The van der Waals surface area contributed by atoms with Crippen LogP contribution in [-0.2, 0) is 6.54 Å². The summed E-state index contributed by atoms with van der Waals surface area (Å²) < 4.78 is 0. The van der Waals surface area contributed by atoms with Crippen LogP contribution >= 0.6 is 23.4 Å². The molecule has 0 saturated heterocycles. The molecule has 1 aliphatic carbocycles. The van der Waals surface area contributed by atoms with Gasteiger partial charge in [0.25, 0.3) is 0 Å². The third-order valence-electron chi connectivity index (χ3n) is 3.55. The summed E-state index contributed by atoms with van der Waals surface area (Å²) in [7, 11) is 0. The smallest absolute Gasteiger partial charge is 0.0462 e. The molecule has 3 heteroatoms. The summed E-state index contributed by atoms with van der Waals surface area (Å²) in [6, 6.07) is 6.48. The van der Waals surface area contributed by atoms with Crippen LogP contribution < -0.4 is 5.32 Å². The molecule has 1 nitrogen and oxygen atoms in total. The lowest BCUT2D eigenvalue weighted by Crippen LogP contribution is -2.11. The van der Waals surface area contributed by atoms with Gasteiger partial charge in [-0.1, -0.05) is 37.4 Å². The van der Waals surface area contributed by atoms with Crippen molar-refractivity contribution in [2.45, 2.75) is 44.0 Å². The molecule has 0 unspecified atom stereocenters. The maximum Gasteiger partial charge on any atom is 0.0462 e. The van der Waals surface area contributed by atoms with Gasteiger partial charge in [-0.15, -0.1) is 11.8 Å². The molecular formula is C15H22ClNS. The van der Waals surface area contributed by atoms with E-state index in [9.17, 15) is 0 Å². The van der Waals surface area contributed by atoms with Crippen LogP contribution in [0, 0.1) is 5.92 Å². The standard InChI is InChI=1S/C15H22ClNS/c1-2-17-10-13-7-8-14(9-15(13)16)18-11-12-5-3-4-6-12/h7-9,12,17H,2-6,10-11H2,1H3. The minimum absolute atomic E-state index is 0.864. The van der Waals surface area contributed by atoms with E-state index < -0.39 is 0 Å². The zero-order valence-electron chi connectivity index (χ0n) is 11.0. The van der Waals surface area contributed by atoms with Gasteiger partial charge in [0, 0.05) is 22.2 Å². The van der Waals surface area contributed by atoms with Crippen LogP contribution in [0.5, 0.6) is 0 Å². The van der Waals surface area contributed by atoms with Gasteiger partial charge in [0.05, 0.1) is 0 Å². The molecule has 1 saturated carbocycles. The quantitative estimate of drug-likeness (QED) is 0.758. The zero-order chi connectivity index (χ0) is 12.8. The molecule has 100 valence electrons. The summed E-state index contributed by atoms with van der Waals surface area (Å²) in [5, 5.41) is 4.21. The van der Waals surface area contributed by atoms with Crippen LogP contribution in [0.15, 0.2) is 23.1 Å². The number of hydrogen-bond acceptors (Lipinski definition) is 2. The lowest BCUT2D eigenvalue weighted by molar-refractivity contribution is 0.623. The summed E-state index contributed by atoms with van der Waals surface area (Å²) in [6.07, 6.45) is 5.68. The van der Waals surface area contributed by atoms with Gasteiger partial charge in [-0.05, 0) is 43.0 Å². The topological polar surface area (TPSA) is 12.0 Å². The molecule has 0 atom stereocenters. The fraction of sp³-hybridized carbons (Fsp3) is 0.600. The average molecular weight is 284 g/mol. The molecule has 0 heterocycles. The maximum atomic E-state index is 6.31. The molecule has 2 rings (SSSR count). The predicted molar refractivity (Wildman–Crippen MR) is 81.5 cm³/mol. The minimum Gasteiger partial charge on any atom is -0.313 e. The van der Waals surface area contributed by atoms with Crippen LogP contribution in [-0.4, -0.2) is 12.3 Å². The Morgan fingerprint density at radius 3 is 2.78 bits per heavy atom. The van der Waals surface area contributed by atoms with Crippen LogP contribution in [0.4, 0.5) is 0 Å². The average Bonchev–Trinajstić information content (AvgIpc) is 2.88. The Morgan fingerprint density at radius 1 is 1.33 bits per heavy atom. The second-order valence-corrected chi connectivity index (χ2v) is 6.50. The van der Waals surface area contributed by atoms with Crippen molar-refractivity contribution in [3.05, 3.63) is 28.8 Å². The highest BCUT2D eigenvalue weighted by molar-refractivity contribution is 7.99. The molecule has 0 radical (unpaired) electrons. The Morgan fingerprint density at radius 2 is 2.11 bits per heavy atom. The molecule has 1 fully saturated rings. The highest BCUT2D eigenvalue weighted by Crippen LogP contribution is 2.32.